The second-order valence-corrected chi connectivity index (χ2v) is 4.76. The average molecular weight is 255 g/mol. The van der Waals surface area contributed by atoms with E-state index < -0.39 is 0 Å². The van der Waals surface area contributed by atoms with Crippen LogP contribution in [0.25, 0.3) is 10.2 Å². The summed E-state index contributed by atoms with van der Waals surface area (Å²) in [4.78, 5) is 10.1. The Hall–Kier alpha value is -2.44. The van der Waals surface area contributed by atoms with E-state index in [2.05, 4.69) is 16.0 Å². The predicted molar refractivity (Wildman–Crippen MR) is 70.9 cm³/mol. The molecule has 0 bridgehead atoms. The SMILES string of the molecule is CN(C)C=Nc1ccc2nc(C#N)sc2c1C#N. The highest BCUT2D eigenvalue weighted by atomic mass is 32.1. The van der Waals surface area contributed by atoms with Gasteiger partial charge in [-0.05, 0) is 12.1 Å². The van der Waals surface area contributed by atoms with Gasteiger partial charge in [-0.1, -0.05) is 0 Å². The van der Waals surface area contributed by atoms with E-state index >= 15 is 0 Å². The van der Waals surface area contributed by atoms with Crippen LogP contribution in [0.15, 0.2) is 17.1 Å². The Kier molecular flexibility index (Phi) is 3.22. The zero-order chi connectivity index (χ0) is 13.1. The van der Waals surface area contributed by atoms with E-state index in [1.165, 1.54) is 11.3 Å². The Morgan fingerprint density at radius 3 is 2.72 bits per heavy atom. The van der Waals surface area contributed by atoms with Crippen molar-refractivity contribution in [2.24, 2.45) is 4.99 Å². The van der Waals surface area contributed by atoms with Crippen molar-refractivity contribution < 1.29 is 0 Å². The van der Waals surface area contributed by atoms with Crippen LogP contribution < -0.4 is 0 Å². The third-order valence-corrected chi connectivity index (χ3v) is 3.16. The largest absolute Gasteiger partial charge is 0.369 e. The summed E-state index contributed by atoms with van der Waals surface area (Å²) in [7, 11) is 3.71. The molecule has 0 aliphatic rings. The highest BCUT2D eigenvalue weighted by molar-refractivity contribution is 7.19. The quantitative estimate of drug-likeness (QED) is 0.609. The van der Waals surface area contributed by atoms with Crippen molar-refractivity contribution in [2.45, 2.75) is 0 Å². The van der Waals surface area contributed by atoms with Gasteiger partial charge < -0.3 is 4.90 Å². The van der Waals surface area contributed by atoms with E-state index in [0.29, 0.717) is 26.5 Å². The number of nitriles is 2. The Labute approximate surface area is 108 Å². The first-order chi connectivity index (χ1) is 8.65. The van der Waals surface area contributed by atoms with E-state index in [1.54, 1.807) is 23.4 Å². The Morgan fingerprint density at radius 1 is 1.33 bits per heavy atom. The van der Waals surface area contributed by atoms with Crippen LogP contribution in [0.4, 0.5) is 5.69 Å². The van der Waals surface area contributed by atoms with Crippen LogP contribution >= 0.6 is 11.3 Å². The Bertz CT molecular complexity index is 700. The molecule has 0 atom stereocenters. The maximum Gasteiger partial charge on any atom is 0.195 e. The number of aliphatic imine (C=N–C) groups is 1. The Morgan fingerprint density at radius 2 is 2.11 bits per heavy atom. The molecule has 5 nitrogen and oxygen atoms in total. The number of benzene rings is 1. The fourth-order valence-corrected chi connectivity index (χ4v) is 2.28. The zero-order valence-corrected chi connectivity index (χ0v) is 10.7. The van der Waals surface area contributed by atoms with Gasteiger partial charge in [0.2, 0.25) is 0 Å². The lowest BCUT2D eigenvalue weighted by Crippen LogP contribution is -2.07. The van der Waals surface area contributed by atoms with E-state index in [0.717, 1.165) is 0 Å². The molecule has 18 heavy (non-hydrogen) atoms. The molecule has 1 heterocycles. The minimum absolute atomic E-state index is 0.357. The van der Waals surface area contributed by atoms with Crippen molar-refractivity contribution in [1.29, 1.82) is 10.5 Å². The smallest absolute Gasteiger partial charge is 0.195 e. The monoisotopic (exact) mass is 255 g/mol. The summed E-state index contributed by atoms with van der Waals surface area (Å²) in [6, 6.07) is 7.63. The lowest BCUT2D eigenvalue weighted by atomic mass is 10.2. The average Bonchev–Trinajstić information content (AvgIpc) is 2.78. The lowest BCUT2D eigenvalue weighted by Gasteiger charge is -2.03. The van der Waals surface area contributed by atoms with Gasteiger partial charge in [0.1, 0.15) is 12.1 Å². The first-order valence-corrected chi connectivity index (χ1v) is 5.91. The van der Waals surface area contributed by atoms with E-state index in [1.807, 2.05) is 20.2 Å². The number of hydrogen-bond acceptors (Lipinski definition) is 5. The first kappa shape index (κ1) is 12.0. The molecule has 2 rings (SSSR count). The molecular formula is C12H9N5S. The van der Waals surface area contributed by atoms with Crippen molar-refractivity contribution in [2.75, 3.05) is 14.1 Å². The molecule has 0 unspecified atom stereocenters. The summed E-state index contributed by atoms with van der Waals surface area (Å²) >= 11 is 1.21. The molecule has 0 saturated carbocycles. The first-order valence-electron chi connectivity index (χ1n) is 5.10. The highest BCUT2D eigenvalue weighted by Crippen LogP contribution is 2.31. The summed E-state index contributed by atoms with van der Waals surface area (Å²) in [5.41, 5.74) is 1.72. The Balaban J connectivity index is 2.64. The number of nitrogens with zero attached hydrogens (tertiary/aromatic N) is 5. The van der Waals surface area contributed by atoms with Gasteiger partial charge in [0.05, 0.1) is 27.8 Å². The summed E-state index contributed by atoms with van der Waals surface area (Å²) in [6.07, 6.45) is 1.63. The van der Waals surface area contributed by atoms with Gasteiger partial charge in [0.25, 0.3) is 0 Å². The van der Waals surface area contributed by atoms with E-state index in [9.17, 15) is 5.26 Å². The molecule has 0 aliphatic heterocycles. The van der Waals surface area contributed by atoms with Crippen LogP contribution in [0, 0.1) is 22.7 Å². The summed E-state index contributed by atoms with van der Waals surface area (Å²) in [5.74, 6) is 0. The molecule has 2 aromatic rings. The molecule has 0 amide bonds. The van der Waals surface area contributed by atoms with Crippen LogP contribution in [0.3, 0.4) is 0 Å². The van der Waals surface area contributed by atoms with Crippen LogP contribution in [0.2, 0.25) is 0 Å². The van der Waals surface area contributed by atoms with Crippen molar-refractivity contribution in [3.8, 4) is 12.1 Å². The molecule has 0 spiro atoms. The van der Waals surface area contributed by atoms with Crippen molar-refractivity contribution >= 4 is 33.6 Å². The van der Waals surface area contributed by atoms with Crippen LogP contribution in [0.5, 0.6) is 0 Å². The third kappa shape index (κ3) is 2.15. The van der Waals surface area contributed by atoms with Gasteiger partial charge in [-0.25, -0.2) is 9.98 Å². The highest BCUT2D eigenvalue weighted by Gasteiger charge is 2.11. The molecule has 88 valence electrons. The molecule has 0 aliphatic carbocycles. The van der Waals surface area contributed by atoms with Crippen LogP contribution in [-0.2, 0) is 0 Å². The predicted octanol–water partition coefficient (Wildman–Crippen LogP) is 2.26. The van der Waals surface area contributed by atoms with Crippen LogP contribution in [0.1, 0.15) is 10.6 Å². The maximum atomic E-state index is 9.22. The molecule has 0 radical (unpaired) electrons. The molecule has 0 saturated heterocycles. The second-order valence-electron chi connectivity index (χ2n) is 3.76. The van der Waals surface area contributed by atoms with Gasteiger partial charge in [0, 0.05) is 14.1 Å². The van der Waals surface area contributed by atoms with Gasteiger partial charge >= 0.3 is 0 Å². The van der Waals surface area contributed by atoms with Gasteiger partial charge in [-0.15, -0.1) is 11.3 Å². The normalized spacial score (nSPS) is 10.4. The lowest BCUT2D eigenvalue weighted by molar-refractivity contribution is 0.643. The second kappa shape index (κ2) is 4.82. The van der Waals surface area contributed by atoms with Crippen molar-refractivity contribution in [1.82, 2.24) is 9.88 Å². The number of aromatic nitrogens is 1. The van der Waals surface area contributed by atoms with Gasteiger partial charge in [-0.3, -0.25) is 0 Å². The number of fused-ring (bicyclic) bond motifs is 1. The van der Waals surface area contributed by atoms with Crippen molar-refractivity contribution in [3.05, 3.63) is 22.7 Å². The summed E-state index contributed by atoms with van der Waals surface area (Å²) in [6.45, 7) is 0. The molecule has 6 heteroatoms. The standard InChI is InChI=1S/C12H9N5S/c1-17(2)7-15-9-3-4-10-12(8(9)5-13)18-11(6-14)16-10/h3-4,7H,1-2H3. The van der Waals surface area contributed by atoms with Gasteiger partial charge in [-0.2, -0.15) is 10.5 Å². The fraction of sp³-hybridized carbons (Fsp3) is 0.167. The van der Waals surface area contributed by atoms with Crippen molar-refractivity contribution in [3.63, 3.8) is 0 Å². The molecular weight excluding hydrogens is 246 g/mol. The maximum absolute atomic E-state index is 9.22. The number of thiazole rings is 1. The van der Waals surface area contributed by atoms with E-state index in [-0.39, 0.29) is 0 Å². The number of hydrogen-bond donors (Lipinski definition) is 0. The minimum Gasteiger partial charge on any atom is -0.369 e. The van der Waals surface area contributed by atoms with E-state index in [4.69, 9.17) is 5.26 Å². The molecule has 1 aromatic heterocycles. The fourth-order valence-electron chi connectivity index (χ4n) is 1.42. The topological polar surface area (TPSA) is 76.1 Å². The van der Waals surface area contributed by atoms with Crippen LogP contribution in [-0.4, -0.2) is 30.3 Å². The zero-order valence-electron chi connectivity index (χ0n) is 9.88. The third-order valence-electron chi connectivity index (χ3n) is 2.17. The summed E-state index contributed by atoms with van der Waals surface area (Å²) in [5, 5.41) is 18.4. The molecule has 0 fully saturated rings. The van der Waals surface area contributed by atoms with Gasteiger partial charge in [0.15, 0.2) is 5.01 Å². The molecule has 0 N–H and O–H groups in total. The number of rotatable bonds is 2. The molecule has 1 aromatic carbocycles. The minimum atomic E-state index is 0.357. The summed E-state index contributed by atoms with van der Waals surface area (Å²) < 4.78 is 0.711.